The van der Waals surface area contributed by atoms with Crippen molar-refractivity contribution in [2.24, 2.45) is 4.99 Å². The van der Waals surface area contributed by atoms with Gasteiger partial charge in [-0.15, -0.1) is 0 Å². The predicted octanol–water partition coefficient (Wildman–Crippen LogP) is 4.16. The number of hydrogen-bond donors (Lipinski definition) is 0. The van der Waals surface area contributed by atoms with Crippen LogP contribution in [0.3, 0.4) is 0 Å². The number of carbonyl (C=O) groups is 2. The van der Waals surface area contributed by atoms with Gasteiger partial charge in [-0.05, 0) is 42.0 Å². The molecular formula is C23H14N2O6. The van der Waals surface area contributed by atoms with Crippen LogP contribution in [0.1, 0.15) is 21.5 Å². The summed E-state index contributed by atoms with van der Waals surface area (Å²) in [4.78, 5) is 38.8. The Bertz CT molecular complexity index is 1230. The zero-order chi connectivity index (χ0) is 21.8. The Kier molecular flexibility index (Phi) is 5.35. The number of cyclic esters (lactones) is 1. The first-order valence-electron chi connectivity index (χ1n) is 9.14. The molecule has 0 fully saturated rings. The molecule has 8 nitrogen and oxygen atoms in total. The molecule has 3 aromatic rings. The van der Waals surface area contributed by atoms with Crippen molar-refractivity contribution in [3.63, 3.8) is 0 Å². The summed E-state index contributed by atoms with van der Waals surface area (Å²) in [5.41, 5.74) is 1.37. The Labute approximate surface area is 176 Å². The van der Waals surface area contributed by atoms with Crippen LogP contribution in [0.4, 0.5) is 5.69 Å². The zero-order valence-corrected chi connectivity index (χ0v) is 15.9. The van der Waals surface area contributed by atoms with E-state index in [2.05, 4.69) is 4.99 Å². The molecule has 0 aromatic heterocycles. The molecule has 0 radical (unpaired) electrons. The van der Waals surface area contributed by atoms with Gasteiger partial charge in [-0.1, -0.05) is 36.4 Å². The van der Waals surface area contributed by atoms with E-state index in [9.17, 15) is 19.7 Å². The van der Waals surface area contributed by atoms with E-state index in [0.29, 0.717) is 11.1 Å². The first kappa shape index (κ1) is 19.7. The molecule has 0 amide bonds. The quantitative estimate of drug-likeness (QED) is 0.204. The average Bonchev–Trinajstić information content (AvgIpc) is 3.16. The summed E-state index contributed by atoms with van der Waals surface area (Å²) in [5.74, 6) is -0.785. The second-order valence-electron chi connectivity index (χ2n) is 6.47. The molecule has 0 aliphatic carbocycles. The average molecular weight is 414 g/mol. The maximum atomic E-state index is 12.2. The number of nitro benzene ring substituents is 1. The largest absolute Gasteiger partial charge is 0.423 e. The lowest BCUT2D eigenvalue weighted by Crippen LogP contribution is -2.08. The number of aliphatic imine (C=N–C) groups is 1. The normalized spacial score (nSPS) is 14.1. The molecule has 1 aliphatic heterocycles. The summed E-state index contributed by atoms with van der Waals surface area (Å²) in [6.45, 7) is 0. The van der Waals surface area contributed by atoms with Crippen LogP contribution in [-0.2, 0) is 9.53 Å². The first-order valence-corrected chi connectivity index (χ1v) is 9.14. The van der Waals surface area contributed by atoms with Crippen LogP contribution in [-0.4, -0.2) is 22.8 Å². The third-order valence-corrected chi connectivity index (χ3v) is 4.33. The lowest BCUT2D eigenvalue weighted by molar-refractivity contribution is -0.384. The van der Waals surface area contributed by atoms with Gasteiger partial charge in [0, 0.05) is 17.7 Å². The van der Waals surface area contributed by atoms with Crippen molar-refractivity contribution >= 4 is 29.6 Å². The molecule has 3 aromatic carbocycles. The van der Waals surface area contributed by atoms with Crippen molar-refractivity contribution in [2.75, 3.05) is 0 Å². The van der Waals surface area contributed by atoms with Crippen molar-refractivity contribution in [3.05, 3.63) is 111 Å². The highest BCUT2D eigenvalue weighted by Crippen LogP contribution is 2.21. The predicted molar refractivity (Wildman–Crippen MR) is 112 cm³/mol. The van der Waals surface area contributed by atoms with Crippen LogP contribution in [0.15, 0.2) is 89.6 Å². The van der Waals surface area contributed by atoms with Crippen LogP contribution < -0.4 is 4.74 Å². The van der Waals surface area contributed by atoms with E-state index >= 15 is 0 Å². The molecular weight excluding hydrogens is 400 g/mol. The molecule has 0 bridgehead atoms. The molecule has 0 spiro atoms. The Hall–Kier alpha value is -4.59. The maximum Gasteiger partial charge on any atom is 0.363 e. The number of nitrogens with zero attached hydrogens (tertiary/aromatic N) is 2. The van der Waals surface area contributed by atoms with Gasteiger partial charge in [-0.2, -0.15) is 0 Å². The fourth-order valence-electron chi connectivity index (χ4n) is 2.82. The smallest absolute Gasteiger partial charge is 0.363 e. The van der Waals surface area contributed by atoms with Gasteiger partial charge >= 0.3 is 11.9 Å². The first-order chi connectivity index (χ1) is 15.0. The Morgan fingerprint density at radius 2 is 1.74 bits per heavy atom. The minimum absolute atomic E-state index is 0.0666. The van der Waals surface area contributed by atoms with E-state index in [1.165, 1.54) is 18.2 Å². The number of hydrogen-bond acceptors (Lipinski definition) is 7. The van der Waals surface area contributed by atoms with Crippen molar-refractivity contribution in [1.29, 1.82) is 0 Å². The molecule has 152 valence electrons. The van der Waals surface area contributed by atoms with Crippen LogP contribution in [0.2, 0.25) is 0 Å². The van der Waals surface area contributed by atoms with Crippen LogP contribution >= 0.6 is 0 Å². The second-order valence-corrected chi connectivity index (χ2v) is 6.47. The van der Waals surface area contributed by atoms with Gasteiger partial charge in [0.15, 0.2) is 5.70 Å². The molecule has 0 saturated carbocycles. The second kappa shape index (κ2) is 8.42. The van der Waals surface area contributed by atoms with Crippen LogP contribution in [0.25, 0.3) is 6.08 Å². The van der Waals surface area contributed by atoms with Gasteiger partial charge in [-0.25, -0.2) is 14.6 Å². The van der Waals surface area contributed by atoms with Crippen molar-refractivity contribution in [3.8, 4) is 5.75 Å². The van der Waals surface area contributed by atoms with E-state index in [-0.39, 0.29) is 28.6 Å². The highest BCUT2D eigenvalue weighted by Gasteiger charge is 2.24. The number of benzene rings is 3. The SMILES string of the molecule is O=C1OC(c2ccccc2)=NC1=Cc1ccc(OC(=O)c2cccc([N+](=O)[O-])c2)cc1. The molecule has 1 aliphatic rings. The summed E-state index contributed by atoms with van der Waals surface area (Å²) >= 11 is 0. The summed E-state index contributed by atoms with van der Waals surface area (Å²) in [6, 6.07) is 20.7. The van der Waals surface area contributed by atoms with E-state index in [1.54, 1.807) is 42.5 Å². The van der Waals surface area contributed by atoms with E-state index in [4.69, 9.17) is 9.47 Å². The lowest BCUT2D eigenvalue weighted by Gasteiger charge is -2.04. The summed E-state index contributed by atoms with van der Waals surface area (Å²) in [5, 5.41) is 10.8. The molecule has 0 atom stereocenters. The third kappa shape index (κ3) is 4.54. The molecule has 1 heterocycles. The van der Waals surface area contributed by atoms with Crippen LogP contribution in [0.5, 0.6) is 5.75 Å². The lowest BCUT2D eigenvalue weighted by atomic mass is 10.2. The van der Waals surface area contributed by atoms with Gasteiger partial charge in [0.05, 0.1) is 10.5 Å². The van der Waals surface area contributed by atoms with Gasteiger partial charge in [0.1, 0.15) is 5.75 Å². The fourth-order valence-corrected chi connectivity index (χ4v) is 2.82. The standard InChI is InChI=1S/C23H14N2O6/c26-22(17-7-4-8-18(14-17)25(28)29)30-19-11-9-15(10-12-19)13-20-23(27)31-21(24-20)16-5-2-1-3-6-16/h1-14H. The Balaban J connectivity index is 1.48. The Morgan fingerprint density at radius 3 is 2.45 bits per heavy atom. The molecule has 0 unspecified atom stereocenters. The molecule has 4 rings (SSSR count). The van der Waals surface area contributed by atoms with Crippen molar-refractivity contribution in [1.82, 2.24) is 0 Å². The number of esters is 2. The van der Waals surface area contributed by atoms with Crippen molar-refractivity contribution < 1.29 is 24.0 Å². The van der Waals surface area contributed by atoms with E-state index in [1.807, 2.05) is 18.2 Å². The fraction of sp³-hybridized carbons (Fsp3) is 0. The van der Waals surface area contributed by atoms with Gasteiger partial charge in [0.25, 0.3) is 5.69 Å². The molecule has 0 saturated heterocycles. The number of ether oxygens (including phenoxy) is 2. The Morgan fingerprint density at radius 1 is 1.00 bits per heavy atom. The van der Waals surface area contributed by atoms with E-state index < -0.39 is 16.9 Å². The third-order valence-electron chi connectivity index (χ3n) is 4.33. The monoisotopic (exact) mass is 414 g/mol. The van der Waals surface area contributed by atoms with Gasteiger partial charge in [-0.3, -0.25) is 10.1 Å². The highest BCUT2D eigenvalue weighted by molar-refractivity contribution is 6.12. The summed E-state index contributed by atoms with van der Waals surface area (Å²) in [6.07, 6.45) is 1.56. The topological polar surface area (TPSA) is 108 Å². The zero-order valence-electron chi connectivity index (χ0n) is 15.9. The number of rotatable bonds is 5. The number of carbonyl (C=O) groups excluding carboxylic acids is 2. The maximum absolute atomic E-state index is 12.2. The summed E-state index contributed by atoms with van der Waals surface area (Å²) < 4.78 is 10.5. The minimum Gasteiger partial charge on any atom is -0.423 e. The van der Waals surface area contributed by atoms with Gasteiger partial charge in [0.2, 0.25) is 5.90 Å². The number of non-ortho nitro benzene ring substituents is 1. The number of nitro groups is 1. The highest BCUT2D eigenvalue weighted by atomic mass is 16.6. The minimum atomic E-state index is -0.716. The molecule has 8 heteroatoms. The van der Waals surface area contributed by atoms with Crippen molar-refractivity contribution in [2.45, 2.75) is 0 Å². The van der Waals surface area contributed by atoms with Crippen LogP contribution in [0, 0.1) is 10.1 Å². The summed E-state index contributed by atoms with van der Waals surface area (Å²) in [7, 11) is 0. The molecule has 31 heavy (non-hydrogen) atoms. The van der Waals surface area contributed by atoms with Gasteiger partial charge < -0.3 is 9.47 Å². The molecule has 0 N–H and O–H groups in total. The van der Waals surface area contributed by atoms with E-state index in [0.717, 1.165) is 6.07 Å².